The third-order valence-electron chi connectivity index (χ3n) is 1.97. The Morgan fingerprint density at radius 1 is 1.44 bits per heavy atom. The van der Waals surface area contributed by atoms with Crippen LogP contribution >= 0.6 is 0 Å². The van der Waals surface area contributed by atoms with Crippen LogP contribution < -0.4 is 11.2 Å². The Kier molecular flexibility index (Phi) is 8.29. The minimum atomic E-state index is -1.00. The lowest BCUT2D eigenvalue weighted by molar-refractivity contribution is -0.138. The van der Waals surface area contributed by atoms with Crippen LogP contribution in [0.25, 0.3) is 0 Å². The van der Waals surface area contributed by atoms with Crippen molar-refractivity contribution in [1.82, 2.24) is 5.48 Å². The van der Waals surface area contributed by atoms with Crippen molar-refractivity contribution >= 4 is 18.0 Å². The van der Waals surface area contributed by atoms with E-state index in [1.54, 1.807) is 6.92 Å². The van der Waals surface area contributed by atoms with Crippen molar-refractivity contribution in [3.8, 4) is 0 Å². The van der Waals surface area contributed by atoms with Gasteiger partial charge in [-0.05, 0) is 26.2 Å². The Hall–Kier alpha value is -1.83. The van der Waals surface area contributed by atoms with Crippen LogP contribution in [0.15, 0.2) is 4.99 Å². The number of nitrogens with zero attached hydrogens (tertiary/aromatic N) is 1. The fourth-order valence-corrected chi connectivity index (χ4v) is 1.18. The molecule has 0 radical (unpaired) electrons. The highest BCUT2D eigenvalue weighted by molar-refractivity contribution is 5.82. The van der Waals surface area contributed by atoms with Crippen molar-refractivity contribution in [3.63, 3.8) is 0 Å². The van der Waals surface area contributed by atoms with E-state index in [1.165, 1.54) is 7.11 Å². The molecule has 0 aliphatic rings. The van der Waals surface area contributed by atoms with Crippen molar-refractivity contribution in [2.24, 2.45) is 10.7 Å². The molecule has 4 N–H and O–H groups in total. The van der Waals surface area contributed by atoms with Crippen molar-refractivity contribution in [2.75, 3.05) is 13.7 Å². The Labute approximate surface area is 105 Å². The molecule has 0 unspecified atom stereocenters. The summed E-state index contributed by atoms with van der Waals surface area (Å²) in [5.74, 6) is -0.756. The van der Waals surface area contributed by atoms with Gasteiger partial charge < -0.3 is 20.4 Å². The zero-order valence-electron chi connectivity index (χ0n) is 10.5. The number of aliphatic carboxylic acids is 1. The number of hydrogen-bond acceptors (Lipinski definition) is 6. The van der Waals surface area contributed by atoms with E-state index in [9.17, 15) is 9.59 Å². The van der Waals surface area contributed by atoms with Crippen LogP contribution in [0.5, 0.6) is 0 Å². The SMILES string of the molecule is COC(=O)ONCCCC[C@H](N=C(C)N)C(=O)O. The molecule has 0 saturated carbocycles. The molecule has 1 atom stereocenters. The largest absolute Gasteiger partial charge is 0.527 e. The number of aliphatic imine (C=N–C) groups is 1. The molecule has 104 valence electrons. The fourth-order valence-electron chi connectivity index (χ4n) is 1.18. The first-order valence-electron chi connectivity index (χ1n) is 5.47. The number of carboxylic acids is 1. The van der Waals surface area contributed by atoms with Gasteiger partial charge in [0.1, 0.15) is 6.04 Å². The van der Waals surface area contributed by atoms with Gasteiger partial charge in [0.25, 0.3) is 0 Å². The molecule has 0 fully saturated rings. The number of nitrogens with two attached hydrogens (primary N) is 1. The molecule has 8 heteroatoms. The zero-order valence-corrected chi connectivity index (χ0v) is 10.5. The predicted octanol–water partition coefficient (Wildman–Crippen LogP) is 0.275. The highest BCUT2D eigenvalue weighted by Crippen LogP contribution is 2.05. The summed E-state index contributed by atoms with van der Waals surface area (Å²) in [5.41, 5.74) is 7.73. The summed E-state index contributed by atoms with van der Waals surface area (Å²) < 4.78 is 4.24. The van der Waals surface area contributed by atoms with Crippen molar-refractivity contribution in [2.45, 2.75) is 32.2 Å². The van der Waals surface area contributed by atoms with Gasteiger partial charge in [0.2, 0.25) is 0 Å². The molecule has 0 heterocycles. The standard InChI is InChI=1S/C10H19N3O5/c1-7(11)13-8(9(14)15)5-3-4-6-12-18-10(16)17-2/h8,12H,3-6H2,1-2H3,(H2,11,13)(H,14,15)/t8-/m0/s1. The van der Waals surface area contributed by atoms with Crippen LogP contribution in [-0.2, 0) is 14.4 Å². The van der Waals surface area contributed by atoms with E-state index in [4.69, 9.17) is 10.8 Å². The van der Waals surface area contributed by atoms with Crippen LogP contribution in [-0.4, -0.2) is 42.8 Å². The average Bonchev–Trinajstić information content (AvgIpc) is 2.30. The lowest BCUT2D eigenvalue weighted by atomic mass is 10.1. The topological polar surface area (TPSA) is 123 Å². The first-order valence-corrected chi connectivity index (χ1v) is 5.47. The van der Waals surface area contributed by atoms with Crippen molar-refractivity contribution in [3.05, 3.63) is 0 Å². The highest BCUT2D eigenvalue weighted by atomic mass is 16.8. The van der Waals surface area contributed by atoms with Gasteiger partial charge in [0.05, 0.1) is 12.9 Å². The van der Waals surface area contributed by atoms with Crippen LogP contribution in [0.2, 0.25) is 0 Å². The summed E-state index contributed by atoms with van der Waals surface area (Å²) in [5, 5.41) is 8.87. The number of nitrogens with one attached hydrogen (secondary N) is 1. The summed E-state index contributed by atoms with van der Waals surface area (Å²) in [6, 6.07) is -0.823. The molecular weight excluding hydrogens is 242 g/mol. The van der Waals surface area contributed by atoms with Gasteiger partial charge >= 0.3 is 12.1 Å². The molecule has 0 aliphatic heterocycles. The van der Waals surface area contributed by atoms with Crippen LogP contribution in [0.4, 0.5) is 4.79 Å². The van der Waals surface area contributed by atoms with Crippen LogP contribution in [0.1, 0.15) is 26.2 Å². The Morgan fingerprint density at radius 3 is 2.61 bits per heavy atom. The first kappa shape index (κ1) is 16.2. The zero-order chi connectivity index (χ0) is 14.0. The van der Waals surface area contributed by atoms with Crippen LogP contribution in [0, 0.1) is 0 Å². The predicted molar refractivity (Wildman–Crippen MR) is 64.1 cm³/mol. The molecule has 0 aromatic rings. The van der Waals surface area contributed by atoms with Crippen LogP contribution in [0.3, 0.4) is 0 Å². The van der Waals surface area contributed by atoms with Gasteiger partial charge in [0, 0.05) is 6.54 Å². The molecule has 0 rings (SSSR count). The maximum atomic E-state index is 10.8. The number of unbranched alkanes of at least 4 members (excludes halogenated alkanes) is 1. The summed E-state index contributed by atoms with van der Waals surface area (Å²) in [7, 11) is 1.20. The molecule has 0 aromatic carbocycles. The Morgan fingerprint density at radius 2 is 2.11 bits per heavy atom. The lowest BCUT2D eigenvalue weighted by Gasteiger charge is -2.08. The minimum absolute atomic E-state index is 0.245. The van der Waals surface area contributed by atoms with E-state index in [0.717, 1.165) is 0 Å². The molecule has 0 spiro atoms. The molecule has 0 aromatic heterocycles. The first-order chi connectivity index (χ1) is 8.47. The number of amidine groups is 1. The molecular formula is C10H19N3O5. The summed E-state index contributed by atoms with van der Waals surface area (Å²) in [6.45, 7) is 1.95. The highest BCUT2D eigenvalue weighted by Gasteiger charge is 2.15. The summed E-state index contributed by atoms with van der Waals surface area (Å²) in [6.07, 6.45) is 0.816. The second-order valence-corrected chi connectivity index (χ2v) is 3.57. The van der Waals surface area contributed by atoms with Gasteiger partial charge in [-0.25, -0.2) is 9.59 Å². The maximum Gasteiger partial charge on any atom is 0.527 e. The van der Waals surface area contributed by atoms with Gasteiger partial charge in [-0.1, -0.05) is 0 Å². The number of hydrogen-bond donors (Lipinski definition) is 3. The number of methoxy groups -OCH3 is 1. The molecule has 18 heavy (non-hydrogen) atoms. The van der Waals surface area contributed by atoms with Gasteiger partial charge in [-0.15, -0.1) is 5.48 Å². The van der Waals surface area contributed by atoms with E-state index in [1.807, 2.05) is 0 Å². The Balaban J connectivity index is 3.72. The summed E-state index contributed by atoms with van der Waals surface area (Å²) in [4.78, 5) is 29.6. The van der Waals surface area contributed by atoms with Gasteiger partial charge in [-0.3, -0.25) is 4.99 Å². The Bertz CT molecular complexity index is 302. The number of carboxylic acid groups (broad SMARTS) is 1. The quantitative estimate of drug-likeness (QED) is 0.188. The smallest absolute Gasteiger partial charge is 0.480 e. The van der Waals surface area contributed by atoms with Crippen molar-refractivity contribution < 1.29 is 24.3 Å². The van der Waals surface area contributed by atoms with E-state index in [0.29, 0.717) is 25.8 Å². The number of carbonyl (C=O) groups is 2. The van der Waals surface area contributed by atoms with Gasteiger partial charge in [0.15, 0.2) is 0 Å². The molecule has 0 aliphatic carbocycles. The molecule has 0 amide bonds. The average molecular weight is 261 g/mol. The normalized spacial score (nSPS) is 12.9. The number of hydroxylamine groups is 1. The monoisotopic (exact) mass is 261 g/mol. The van der Waals surface area contributed by atoms with E-state index in [-0.39, 0.29) is 5.84 Å². The lowest BCUT2D eigenvalue weighted by Crippen LogP contribution is -2.23. The minimum Gasteiger partial charge on any atom is -0.480 e. The van der Waals surface area contributed by atoms with Crippen molar-refractivity contribution in [1.29, 1.82) is 0 Å². The third kappa shape index (κ3) is 8.34. The summed E-state index contributed by atoms with van der Waals surface area (Å²) >= 11 is 0. The third-order valence-corrected chi connectivity index (χ3v) is 1.97. The number of rotatable bonds is 8. The molecule has 0 bridgehead atoms. The second-order valence-electron chi connectivity index (χ2n) is 3.57. The van der Waals surface area contributed by atoms with E-state index < -0.39 is 18.2 Å². The number of ether oxygens (including phenoxy) is 1. The molecule has 8 nitrogen and oxygen atoms in total. The number of carbonyl (C=O) groups excluding carboxylic acids is 1. The fraction of sp³-hybridized carbons (Fsp3) is 0.700. The van der Waals surface area contributed by atoms with Gasteiger partial charge in [-0.2, -0.15) is 0 Å². The second kappa shape index (κ2) is 9.23. The molecule has 0 saturated heterocycles. The maximum absolute atomic E-state index is 10.8. The van der Waals surface area contributed by atoms with E-state index >= 15 is 0 Å². The van der Waals surface area contributed by atoms with E-state index in [2.05, 4.69) is 20.0 Å².